The molecule has 1 unspecified atom stereocenters. The number of hydrogen-bond acceptors (Lipinski definition) is 2. The van der Waals surface area contributed by atoms with Gasteiger partial charge < -0.3 is 0 Å². The molecule has 0 aliphatic carbocycles. The summed E-state index contributed by atoms with van der Waals surface area (Å²) in [7, 11) is -0.245. The molecule has 0 N–H and O–H groups in total. The lowest BCUT2D eigenvalue weighted by atomic mass is 9.83. The lowest BCUT2D eigenvalue weighted by Gasteiger charge is -2.22. The molecule has 3 heteroatoms. The first-order valence-corrected chi connectivity index (χ1v) is 7.94. The summed E-state index contributed by atoms with van der Waals surface area (Å²) in [6.45, 7) is 6.94. The summed E-state index contributed by atoms with van der Waals surface area (Å²) >= 11 is 0. The predicted octanol–water partition coefficient (Wildman–Crippen LogP) is 5.36. The summed E-state index contributed by atoms with van der Waals surface area (Å²) in [6, 6.07) is 14.9. The van der Waals surface area contributed by atoms with Gasteiger partial charge in [-0.05, 0) is 49.4 Å². The molecule has 0 amide bonds. The largest absolute Gasteiger partial charge is 0.327 e. The fraction of sp³-hybridized carbons (Fsp3) is 0.333. The van der Waals surface area contributed by atoms with E-state index in [1.807, 2.05) is 6.07 Å². The smallest absolute Gasteiger partial charge is 0.294 e. The van der Waals surface area contributed by atoms with E-state index in [2.05, 4.69) is 57.2 Å². The molecule has 0 bridgehead atoms. The number of rotatable bonds is 6. The Balaban J connectivity index is 2.42. The van der Waals surface area contributed by atoms with Crippen molar-refractivity contribution in [2.24, 2.45) is 0 Å². The Bertz CT molecular complexity index is 585. The molecule has 0 aliphatic heterocycles. The molecule has 0 heterocycles. The fourth-order valence-electron chi connectivity index (χ4n) is 3.11. The van der Waals surface area contributed by atoms with Crippen molar-refractivity contribution in [2.75, 3.05) is 6.61 Å². The van der Waals surface area contributed by atoms with Gasteiger partial charge >= 0.3 is 8.69 Å². The molecule has 21 heavy (non-hydrogen) atoms. The molecule has 1 atom stereocenters. The van der Waals surface area contributed by atoms with Gasteiger partial charge in [0.2, 0.25) is 0 Å². The van der Waals surface area contributed by atoms with Gasteiger partial charge in [-0.1, -0.05) is 48.0 Å². The van der Waals surface area contributed by atoms with Crippen LogP contribution in [0.2, 0.25) is 0 Å². The molecule has 2 nitrogen and oxygen atoms in total. The SMILES string of the molecule is Cc1cc(C)c(C(CCOP=O)c2ccccc2)c(C)c1. The van der Waals surface area contributed by atoms with Crippen LogP contribution in [0.3, 0.4) is 0 Å². The Labute approximate surface area is 128 Å². The van der Waals surface area contributed by atoms with Crippen molar-refractivity contribution >= 4 is 8.69 Å². The van der Waals surface area contributed by atoms with Gasteiger partial charge in [0.15, 0.2) is 0 Å². The second-order valence-corrected chi connectivity index (χ2v) is 5.88. The first-order chi connectivity index (χ1) is 10.1. The van der Waals surface area contributed by atoms with E-state index in [0.29, 0.717) is 6.61 Å². The van der Waals surface area contributed by atoms with Crippen LogP contribution >= 0.6 is 8.69 Å². The lowest BCUT2D eigenvalue weighted by molar-refractivity contribution is 0.327. The summed E-state index contributed by atoms with van der Waals surface area (Å²) in [5, 5.41) is 0. The second-order valence-electron chi connectivity index (χ2n) is 5.47. The van der Waals surface area contributed by atoms with Crippen molar-refractivity contribution in [3.8, 4) is 0 Å². The minimum atomic E-state index is -0.245. The highest BCUT2D eigenvalue weighted by Crippen LogP contribution is 2.33. The van der Waals surface area contributed by atoms with Crippen LogP contribution in [0.1, 0.15) is 40.2 Å². The van der Waals surface area contributed by atoms with Crippen molar-refractivity contribution < 1.29 is 9.09 Å². The molecule has 0 radical (unpaired) electrons. The van der Waals surface area contributed by atoms with E-state index in [1.54, 1.807) is 0 Å². The van der Waals surface area contributed by atoms with Crippen molar-refractivity contribution in [1.82, 2.24) is 0 Å². The normalized spacial score (nSPS) is 12.5. The standard InChI is InChI=1S/C18H21O2P/c1-13-11-14(2)18(15(3)12-13)17(9-10-20-21-19)16-7-5-4-6-8-16/h4-8,11-12,17H,9-10H2,1-3H3. The maximum atomic E-state index is 10.5. The average molecular weight is 300 g/mol. The van der Waals surface area contributed by atoms with Crippen LogP contribution in [0, 0.1) is 20.8 Å². The van der Waals surface area contributed by atoms with Gasteiger partial charge in [0.05, 0.1) is 6.61 Å². The topological polar surface area (TPSA) is 26.3 Å². The third kappa shape index (κ3) is 4.00. The van der Waals surface area contributed by atoms with Crippen LogP contribution < -0.4 is 0 Å². The Kier molecular flexibility index (Phi) is 5.67. The Morgan fingerprint density at radius 2 is 1.67 bits per heavy atom. The zero-order valence-electron chi connectivity index (χ0n) is 12.8. The minimum absolute atomic E-state index is 0.245. The van der Waals surface area contributed by atoms with Crippen molar-refractivity contribution in [3.63, 3.8) is 0 Å². The maximum Gasteiger partial charge on any atom is 0.327 e. The zero-order valence-corrected chi connectivity index (χ0v) is 13.7. The van der Waals surface area contributed by atoms with Crippen LogP contribution in [-0.2, 0) is 9.09 Å². The van der Waals surface area contributed by atoms with Gasteiger partial charge in [-0.15, -0.1) is 0 Å². The van der Waals surface area contributed by atoms with Gasteiger partial charge in [0, 0.05) is 5.92 Å². The maximum absolute atomic E-state index is 10.5. The highest BCUT2D eigenvalue weighted by atomic mass is 31.1. The highest BCUT2D eigenvalue weighted by molar-refractivity contribution is 7.17. The second kappa shape index (κ2) is 7.49. The molecule has 0 fully saturated rings. The Morgan fingerprint density at radius 1 is 1.05 bits per heavy atom. The molecule has 2 rings (SSSR count). The Hall–Kier alpha value is -1.50. The third-order valence-corrected chi connectivity index (χ3v) is 4.13. The first kappa shape index (κ1) is 15.9. The molecule has 0 saturated carbocycles. The molecule has 0 aromatic heterocycles. The monoisotopic (exact) mass is 300 g/mol. The highest BCUT2D eigenvalue weighted by Gasteiger charge is 2.18. The van der Waals surface area contributed by atoms with E-state index in [-0.39, 0.29) is 14.6 Å². The van der Waals surface area contributed by atoms with Crippen LogP contribution in [0.5, 0.6) is 0 Å². The van der Waals surface area contributed by atoms with Crippen molar-refractivity contribution in [2.45, 2.75) is 33.1 Å². The van der Waals surface area contributed by atoms with Gasteiger partial charge in [-0.3, -0.25) is 4.52 Å². The number of benzene rings is 2. The van der Waals surface area contributed by atoms with E-state index in [0.717, 1.165) is 6.42 Å². The summed E-state index contributed by atoms with van der Waals surface area (Å²) in [4.78, 5) is 0. The van der Waals surface area contributed by atoms with Gasteiger partial charge in [0.1, 0.15) is 0 Å². The molecular formula is C18H21O2P. The summed E-state index contributed by atoms with van der Waals surface area (Å²) in [6.07, 6.45) is 0.823. The Morgan fingerprint density at radius 3 is 2.24 bits per heavy atom. The predicted molar refractivity (Wildman–Crippen MR) is 87.1 cm³/mol. The van der Waals surface area contributed by atoms with Gasteiger partial charge in [0.25, 0.3) is 0 Å². The quantitative estimate of drug-likeness (QED) is 0.530. The molecule has 0 saturated heterocycles. The van der Waals surface area contributed by atoms with Gasteiger partial charge in [-0.25, -0.2) is 4.57 Å². The van der Waals surface area contributed by atoms with Crippen LogP contribution in [0.4, 0.5) is 0 Å². The number of aryl methyl sites for hydroxylation is 3. The third-order valence-electron chi connectivity index (χ3n) is 3.84. The summed E-state index contributed by atoms with van der Waals surface area (Å²) in [5.74, 6) is 0.272. The molecular weight excluding hydrogens is 279 g/mol. The summed E-state index contributed by atoms with van der Waals surface area (Å²) in [5.41, 5.74) is 6.54. The van der Waals surface area contributed by atoms with Gasteiger partial charge in [-0.2, -0.15) is 0 Å². The van der Waals surface area contributed by atoms with Crippen LogP contribution in [-0.4, -0.2) is 6.61 Å². The fourth-order valence-corrected chi connectivity index (χ4v) is 3.29. The van der Waals surface area contributed by atoms with E-state index < -0.39 is 0 Å². The first-order valence-electron chi connectivity index (χ1n) is 7.20. The van der Waals surface area contributed by atoms with Crippen molar-refractivity contribution in [3.05, 3.63) is 70.3 Å². The molecule has 0 aliphatic rings. The average Bonchev–Trinajstić information content (AvgIpc) is 2.45. The van der Waals surface area contributed by atoms with E-state index in [1.165, 1.54) is 27.8 Å². The van der Waals surface area contributed by atoms with E-state index >= 15 is 0 Å². The minimum Gasteiger partial charge on any atom is -0.294 e. The lowest BCUT2D eigenvalue weighted by Crippen LogP contribution is -2.08. The molecule has 0 spiro atoms. The van der Waals surface area contributed by atoms with Crippen LogP contribution in [0.25, 0.3) is 0 Å². The van der Waals surface area contributed by atoms with Crippen LogP contribution in [0.15, 0.2) is 42.5 Å². The van der Waals surface area contributed by atoms with Crippen molar-refractivity contribution in [1.29, 1.82) is 0 Å². The van der Waals surface area contributed by atoms with E-state index in [9.17, 15) is 4.57 Å². The molecule has 2 aromatic carbocycles. The molecule has 110 valence electrons. The van der Waals surface area contributed by atoms with E-state index in [4.69, 9.17) is 4.52 Å². The summed E-state index contributed by atoms with van der Waals surface area (Å²) < 4.78 is 15.5. The molecule has 2 aromatic rings. The number of hydrogen-bond donors (Lipinski definition) is 0. The zero-order chi connectivity index (χ0) is 15.2.